The van der Waals surface area contributed by atoms with Gasteiger partial charge < -0.3 is 10.6 Å². The summed E-state index contributed by atoms with van der Waals surface area (Å²) in [6.07, 6.45) is 2.45. The molecule has 2 rings (SSSR count). The second-order valence-corrected chi connectivity index (χ2v) is 5.19. The highest BCUT2D eigenvalue weighted by molar-refractivity contribution is 7.99. The predicted molar refractivity (Wildman–Crippen MR) is 70.3 cm³/mol. The summed E-state index contributed by atoms with van der Waals surface area (Å²) in [6.45, 7) is 1.92. The third-order valence-electron chi connectivity index (χ3n) is 2.67. The van der Waals surface area contributed by atoms with Gasteiger partial charge in [0, 0.05) is 19.2 Å². The van der Waals surface area contributed by atoms with Gasteiger partial charge in [0.1, 0.15) is 17.5 Å². The Kier molecular flexibility index (Phi) is 3.88. The van der Waals surface area contributed by atoms with Crippen LogP contribution in [0.4, 0.5) is 11.6 Å². The lowest BCUT2D eigenvalue weighted by Crippen LogP contribution is -2.25. The first-order valence-electron chi connectivity index (χ1n) is 5.65. The molecule has 0 unspecified atom stereocenters. The molecule has 1 aliphatic heterocycles. The molecule has 1 saturated heterocycles. The largest absolute Gasteiger partial charge is 0.373 e. The molecule has 0 radical (unpaired) electrons. The first-order chi connectivity index (χ1) is 7.78. The highest BCUT2D eigenvalue weighted by Crippen LogP contribution is 2.21. The summed E-state index contributed by atoms with van der Waals surface area (Å²) in [4.78, 5) is 8.69. The van der Waals surface area contributed by atoms with Crippen molar-refractivity contribution in [3.8, 4) is 0 Å². The van der Waals surface area contributed by atoms with Gasteiger partial charge in [0.05, 0.1) is 0 Å². The minimum atomic E-state index is 0.570. The van der Waals surface area contributed by atoms with E-state index in [9.17, 15) is 0 Å². The second-order valence-electron chi connectivity index (χ2n) is 3.97. The molecule has 0 aliphatic carbocycles. The molecule has 2 heterocycles. The molecule has 0 saturated carbocycles. The minimum absolute atomic E-state index is 0.570. The molecule has 2 N–H and O–H groups in total. The van der Waals surface area contributed by atoms with E-state index in [1.807, 2.05) is 31.8 Å². The maximum Gasteiger partial charge on any atom is 0.132 e. The van der Waals surface area contributed by atoms with Gasteiger partial charge in [-0.3, -0.25) is 0 Å². The first kappa shape index (κ1) is 11.5. The van der Waals surface area contributed by atoms with Crippen LogP contribution >= 0.6 is 11.8 Å². The van der Waals surface area contributed by atoms with E-state index in [0.29, 0.717) is 6.04 Å². The number of nitrogens with one attached hydrogen (secondary N) is 2. The monoisotopic (exact) mass is 238 g/mol. The van der Waals surface area contributed by atoms with Gasteiger partial charge in [0.2, 0.25) is 0 Å². The van der Waals surface area contributed by atoms with E-state index in [1.54, 1.807) is 0 Å². The summed E-state index contributed by atoms with van der Waals surface area (Å²) in [7, 11) is 1.88. The standard InChI is InChI=1S/C11H18N4S/c1-8-13-10(12-2)7-11(14-8)15-9-3-5-16-6-4-9/h7,9H,3-6H2,1-2H3,(H2,12,13,14,15). The number of hydrogen-bond donors (Lipinski definition) is 2. The summed E-state index contributed by atoms with van der Waals surface area (Å²) in [5, 5.41) is 6.54. The molecule has 5 heteroatoms. The van der Waals surface area contributed by atoms with Crippen LogP contribution in [0.15, 0.2) is 6.07 Å². The zero-order valence-electron chi connectivity index (χ0n) is 9.79. The lowest BCUT2D eigenvalue weighted by Gasteiger charge is -2.23. The van der Waals surface area contributed by atoms with Crippen molar-refractivity contribution in [2.75, 3.05) is 29.2 Å². The molecule has 1 fully saturated rings. The Balaban J connectivity index is 2.04. The molecule has 0 bridgehead atoms. The number of hydrogen-bond acceptors (Lipinski definition) is 5. The quantitative estimate of drug-likeness (QED) is 0.845. The van der Waals surface area contributed by atoms with Crippen molar-refractivity contribution in [2.45, 2.75) is 25.8 Å². The number of thioether (sulfide) groups is 1. The molecular weight excluding hydrogens is 220 g/mol. The molecule has 1 aliphatic rings. The highest BCUT2D eigenvalue weighted by Gasteiger charge is 2.14. The van der Waals surface area contributed by atoms with Gasteiger partial charge in [-0.15, -0.1) is 0 Å². The van der Waals surface area contributed by atoms with E-state index >= 15 is 0 Å². The van der Waals surface area contributed by atoms with Gasteiger partial charge in [-0.1, -0.05) is 0 Å². The van der Waals surface area contributed by atoms with Gasteiger partial charge in [0.15, 0.2) is 0 Å². The lowest BCUT2D eigenvalue weighted by molar-refractivity contribution is 0.663. The average molecular weight is 238 g/mol. The Labute approximate surface area is 101 Å². The van der Waals surface area contributed by atoms with Gasteiger partial charge in [-0.05, 0) is 31.3 Å². The number of rotatable bonds is 3. The average Bonchev–Trinajstić information content (AvgIpc) is 2.29. The number of anilines is 2. The van der Waals surface area contributed by atoms with Gasteiger partial charge in [0.25, 0.3) is 0 Å². The van der Waals surface area contributed by atoms with Gasteiger partial charge >= 0.3 is 0 Å². The van der Waals surface area contributed by atoms with Crippen molar-refractivity contribution in [1.29, 1.82) is 0 Å². The van der Waals surface area contributed by atoms with Crippen LogP contribution in [0.25, 0.3) is 0 Å². The molecule has 16 heavy (non-hydrogen) atoms. The molecule has 0 spiro atoms. The van der Waals surface area contributed by atoms with Gasteiger partial charge in [-0.2, -0.15) is 11.8 Å². The van der Waals surface area contributed by atoms with Crippen LogP contribution in [-0.4, -0.2) is 34.6 Å². The van der Waals surface area contributed by atoms with Crippen LogP contribution in [0.5, 0.6) is 0 Å². The molecule has 0 amide bonds. The Morgan fingerprint density at radius 3 is 2.62 bits per heavy atom. The zero-order valence-corrected chi connectivity index (χ0v) is 10.6. The van der Waals surface area contributed by atoms with Crippen molar-refractivity contribution in [2.24, 2.45) is 0 Å². The maximum atomic E-state index is 4.41. The summed E-state index contributed by atoms with van der Waals surface area (Å²) < 4.78 is 0. The van der Waals surface area contributed by atoms with E-state index in [-0.39, 0.29) is 0 Å². The van der Waals surface area contributed by atoms with Crippen molar-refractivity contribution < 1.29 is 0 Å². The lowest BCUT2D eigenvalue weighted by atomic mass is 10.1. The molecular formula is C11H18N4S. The van der Waals surface area contributed by atoms with E-state index < -0.39 is 0 Å². The number of nitrogens with zero attached hydrogens (tertiary/aromatic N) is 2. The maximum absolute atomic E-state index is 4.41. The zero-order chi connectivity index (χ0) is 11.4. The van der Waals surface area contributed by atoms with Crippen molar-refractivity contribution in [3.05, 3.63) is 11.9 Å². The van der Waals surface area contributed by atoms with Crippen molar-refractivity contribution in [3.63, 3.8) is 0 Å². The van der Waals surface area contributed by atoms with Crippen LogP contribution < -0.4 is 10.6 Å². The topological polar surface area (TPSA) is 49.8 Å². The molecule has 1 aromatic heterocycles. The fraction of sp³-hybridized carbons (Fsp3) is 0.636. The third-order valence-corrected chi connectivity index (χ3v) is 3.72. The third kappa shape index (κ3) is 3.01. The normalized spacial score (nSPS) is 17.1. The first-order valence-corrected chi connectivity index (χ1v) is 6.81. The smallest absolute Gasteiger partial charge is 0.132 e. The molecule has 0 atom stereocenters. The SMILES string of the molecule is CNc1cc(NC2CCSCC2)nc(C)n1. The van der Waals surface area contributed by atoms with Crippen LogP contribution in [0, 0.1) is 6.92 Å². The summed E-state index contributed by atoms with van der Waals surface area (Å²) in [5.41, 5.74) is 0. The summed E-state index contributed by atoms with van der Waals surface area (Å²) in [5.74, 6) is 5.12. The summed E-state index contributed by atoms with van der Waals surface area (Å²) in [6, 6.07) is 2.54. The number of aromatic nitrogens is 2. The molecule has 0 aromatic carbocycles. The van der Waals surface area contributed by atoms with Crippen LogP contribution in [0.3, 0.4) is 0 Å². The van der Waals surface area contributed by atoms with E-state index in [1.165, 1.54) is 24.3 Å². The fourth-order valence-electron chi connectivity index (χ4n) is 1.82. The second kappa shape index (κ2) is 5.39. The van der Waals surface area contributed by atoms with Crippen LogP contribution in [0.2, 0.25) is 0 Å². The van der Waals surface area contributed by atoms with Crippen molar-refractivity contribution in [1.82, 2.24) is 9.97 Å². The fourth-order valence-corrected chi connectivity index (χ4v) is 2.93. The Morgan fingerprint density at radius 2 is 1.94 bits per heavy atom. The molecule has 88 valence electrons. The molecule has 1 aromatic rings. The van der Waals surface area contributed by atoms with E-state index in [2.05, 4.69) is 20.6 Å². The van der Waals surface area contributed by atoms with Gasteiger partial charge in [-0.25, -0.2) is 9.97 Å². The molecule has 4 nitrogen and oxygen atoms in total. The van der Waals surface area contributed by atoms with Crippen LogP contribution in [0.1, 0.15) is 18.7 Å². The minimum Gasteiger partial charge on any atom is -0.373 e. The number of aryl methyl sites for hydroxylation is 1. The van der Waals surface area contributed by atoms with Crippen molar-refractivity contribution >= 4 is 23.4 Å². The van der Waals surface area contributed by atoms with E-state index in [4.69, 9.17) is 0 Å². The Hall–Kier alpha value is -0.970. The Morgan fingerprint density at radius 1 is 1.25 bits per heavy atom. The van der Waals surface area contributed by atoms with Crippen LogP contribution in [-0.2, 0) is 0 Å². The summed E-state index contributed by atoms with van der Waals surface area (Å²) >= 11 is 2.03. The van der Waals surface area contributed by atoms with E-state index in [0.717, 1.165) is 17.5 Å². The Bertz CT molecular complexity index is 350. The highest BCUT2D eigenvalue weighted by atomic mass is 32.2. The predicted octanol–water partition coefficient (Wildman–Crippen LogP) is 2.13.